The van der Waals surface area contributed by atoms with Crippen molar-refractivity contribution in [3.63, 3.8) is 0 Å². The third kappa shape index (κ3) is 4.27. The molecule has 5 aromatic rings. The second-order valence-corrected chi connectivity index (χ2v) is 10.3. The average molecular weight is 533 g/mol. The monoisotopic (exact) mass is 532 g/mol. The molecule has 0 unspecified atom stereocenters. The smallest absolute Gasteiger partial charge is 0.450 e. The number of benzene rings is 1. The van der Waals surface area contributed by atoms with E-state index in [9.17, 15) is 26.4 Å². The number of aromatic nitrogens is 3. The molecule has 0 aliphatic carbocycles. The minimum atomic E-state index is -4.98. The highest BCUT2D eigenvalue weighted by molar-refractivity contribution is 7.92. The van der Waals surface area contributed by atoms with Gasteiger partial charge in [-0.1, -0.05) is 18.2 Å². The average Bonchev–Trinajstić information content (AvgIpc) is 3.57. The number of hydrogen-bond acceptors (Lipinski definition) is 7. The molecule has 1 N–H and O–H groups in total. The number of fused-ring (bicyclic) bond motifs is 1. The van der Waals surface area contributed by atoms with Crippen molar-refractivity contribution in [1.29, 1.82) is 0 Å². The van der Waals surface area contributed by atoms with Gasteiger partial charge in [-0.05, 0) is 36.6 Å². The second kappa shape index (κ2) is 8.60. The molecule has 0 bridgehead atoms. The number of halogens is 3. The molecule has 8 nitrogen and oxygen atoms in total. The van der Waals surface area contributed by atoms with Crippen LogP contribution in [0.5, 0.6) is 0 Å². The number of nitrogens with one attached hydrogen (secondary N) is 1. The maximum atomic E-state index is 13.3. The van der Waals surface area contributed by atoms with Crippen LogP contribution in [-0.4, -0.2) is 28.8 Å². The number of carbonyl (C=O) groups excluding carboxylic acids is 1. The number of thiophene rings is 1. The summed E-state index contributed by atoms with van der Waals surface area (Å²) in [4.78, 5) is 16.6. The van der Waals surface area contributed by atoms with Gasteiger partial charge in [0.25, 0.3) is 10.0 Å². The van der Waals surface area contributed by atoms with E-state index in [4.69, 9.17) is 0 Å². The topological polar surface area (TPSA) is 107 Å². The number of hydrogen-bond donors (Lipinski definition) is 1. The quantitative estimate of drug-likeness (QED) is 0.293. The molecule has 4 aromatic heterocycles. The molecular weight excluding hydrogens is 517 g/mol. The number of furan rings is 1. The Labute approximate surface area is 206 Å². The third-order valence-electron chi connectivity index (χ3n) is 5.17. The van der Waals surface area contributed by atoms with Gasteiger partial charge in [0.15, 0.2) is 5.65 Å². The number of aryl methyl sites for hydroxylation is 1. The minimum absolute atomic E-state index is 0.0199. The lowest BCUT2D eigenvalue weighted by Crippen LogP contribution is -2.17. The van der Waals surface area contributed by atoms with E-state index in [0.29, 0.717) is 27.3 Å². The largest absolute Gasteiger partial charge is 0.455 e. The van der Waals surface area contributed by atoms with Crippen molar-refractivity contribution in [1.82, 2.24) is 14.6 Å². The summed E-state index contributed by atoms with van der Waals surface area (Å²) in [6, 6.07) is 11.9. The zero-order chi connectivity index (χ0) is 25.7. The highest BCUT2D eigenvalue weighted by atomic mass is 32.2. The van der Waals surface area contributed by atoms with E-state index in [1.165, 1.54) is 53.4 Å². The first-order chi connectivity index (χ1) is 17.0. The Bertz CT molecular complexity index is 1700. The number of carbonyl (C=O) groups is 1. The predicted octanol–water partition coefficient (Wildman–Crippen LogP) is 5.41. The van der Waals surface area contributed by atoms with Crippen LogP contribution in [0.2, 0.25) is 0 Å². The zero-order valence-electron chi connectivity index (χ0n) is 18.3. The number of nitrogens with zero attached hydrogens (tertiary/aromatic N) is 3. The maximum absolute atomic E-state index is 13.3. The van der Waals surface area contributed by atoms with E-state index < -0.39 is 26.9 Å². The van der Waals surface area contributed by atoms with Gasteiger partial charge in [0.1, 0.15) is 10.7 Å². The van der Waals surface area contributed by atoms with E-state index in [0.717, 1.165) is 6.07 Å². The molecular formula is C23H15F3N4O4S2. The van der Waals surface area contributed by atoms with Gasteiger partial charge < -0.3 is 4.42 Å². The van der Waals surface area contributed by atoms with E-state index in [1.807, 2.05) is 0 Å². The number of rotatable bonds is 6. The Kier molecular flexibility index (Phi) is 5.68. The van der Waals surface area contributed by atoms with E-state index >= 15 is 0 Å². The molecule has 13 heteroatoms. The summed E-state index contributed by atoms with van der Waals surface area (Å²) in [6.07, 6.45) is -2.10. The summed E-state index contributed by atoms with van der Waals surface area (Å²) in [7, 11) is -4.62. The van der Waals surface area contributed by atoms with Crippen molar-refractivity contribution in [2.24, 2.45) is 0 Å². The third-order valence-corrected chi connectivity index (χ3v) is 7.42. The molecule has 0 saturated carbocycles. The second-order valence-electron chi connectivity index (χ2n) is 7.66. The van der Waals surface area contributed by atoms with Crippen molar-refractivity contribution in [3.8, 4) is 11.3 Å². The summed E-state index contributed by atoms with van der Waals surface area (Å²) >= 11 is 1.29. The van der Waals surface area contributed by atoms with Gasteiger partial charge in [-0.25, -0.2) is 17.9 Å². The van der Waals surface area contributed by atoms with Crippen LogP contribution in [-0.2, 0) is 16.2 Å². The fraction of sp³-hybridized carbons (Fsp3) is 0.0870. The van der Waals surface area contributed by atoms with Crippen LogP contribution >= 0.6 is 11.3 Å². The Morgan fingerprint density at radius 1 is 1.14 bits per heavy atom. The maximum Gasteiger partial charge on any atom is 0.450 e. The minimum Gasteiger partial charge on any atom is -0.455 e. The van der Waals surface area contributed by atoms with Gasteiger partial charge >= 0.3 is 6.18 Å². The van der Waals surface area contributed by atoms with Gasteiger partial charge in [0, 0.05) is 23.5 Å². The molecule has 4 heterocycles. The normalized spacial score (nSPS) is 12.2. The molecule has 0 amide bonds. The molecule has 0 atom stereocenters. The standard InChI is InChI=1S/C23H15F3N4O4S2/c1-13-10-19(21(34-13)23(24,25)26)36(32,33)29-15-5-2-4-14(11-15)17-7-8-27-22-16(12-28-30(17)22)20(31)18-6-3-9-35-18/h2-12,29H,1H3. The molecule has 0 saturated heterocycles. The number of alkyl halides is 3. The molecule has 184 valence electrons. The zero-order valence-corrected chi connectivity index (χ0v) is 19.9. The highest BCUT2D eigenvalue weighted by Gasteiger charge is 2.42. The van der Waals surface area contributed by atoms with Crippen molar-refractivity contribution < 1.29 is 30.8 Å². The first-order valence-electron chi connectivity index (χ1n) is 10.3. The lowest BCUT2D eigenvalue weighted by atomic mass is 10.1. The molecule has 0 spiro atoms. The summed E-state index contributed by atoms with van der Waals surface area (Å²) in [5, 5.41) is 6.07. The molecule has 0 aliphatic heterocycles. The highest BCUT2D eigenvalue weighted by Crippen LogP contribution is 2.37. The summed E-state index contributed by atoms with van der Waals surface area (Å²) < 4.78 is 73.7. The lowest BCUT2D eigenvalue weighted by Gasteiger charge is -2.11. The van der Waals surface area contributed by atoms with E-state index in [2.05, 4.69) is 19.2 Å². The van der Waals surface area contributed by atoms with E-state index in [1.54, 1.807) is 29.6 Å². The Hall–Kier alpha value is -3.97. The Balaban J connectivity index is 1.51. The molecule has 0 aliphatic rings. The van der Waals surface area contributed by atoms with Crippen LogP contribution in [0, 0.1) is 6.92 Å². The van der Waals surface area contributed by atoms with Crippen molar-refractivity contribution >= 4 is 38.5 Å². The lowest BCUT2D eigenvalue weighted by molar-refractivity contribution is -0.155. The van der Waals surface area contributed by atoms with Crippen LogP contribution in [0.1, 0.15) is 26.8 Å². The van der Waals surface area contributed by atoms with Gasteiger partial charge in [-0.2, -0.15) is 18.3 Å². The summed E-state index contributed by atoms with van der Waals surface area (Å²) in [5.41, 5.74) is 1.60. The summed E-state index contributed by atoms with van der Waals surface area (Å²) in [5.74, 6) is -2.02. The van der Waals surface area contributed by atoms with Gasteiger partial charge in [0.05, 0.1) is 22.3 Å². The van der Waals surface area contributed by atoms with Crippen LogP contribution in [0.3, 0.4) is 0 Å². The fourth-order valence-corrected chi connectivity index (χ4v) is 5.60. The van der Waals surface area contributed by atoms with Gasteiger partial charge in [-0.15, -0.1) is 11.3 Å². The number of sulfonamides is 1. The molecule has 0 fully saturated rings. The van der Waals surface area contributed by atoms with Crippen molar-refractivity contribution in [2.75, 3.05) is 4.72 Å². The predicted molar refractivity (Wildman–Crippen MR) is 125 cm³/mol. The van der Waals surface area contributed by atoms with Crippen molar-refractivity contribution in [3.05, 3.63) is 88.3 Å². The molecule has 5 rings (SSSR count). The van der Waals surface area contributed by atoms with Crippen LogP contribution in [0.15, 0.2) is 75.6 Å². The summed E-state index contributed by atoms with van der Waals surface area (Å²) in [6.45, 7) is 1.23. The Morgan fingerprint density at radius 2 is 1.94 bits per heavy atom. The van der Waals surface area contributed by atoms with Crippen LogP contribution in [0.25, 0.3) is 16.9 Å². The van der Waals surface area contributed by atoms with Gasteiger partial charge in [-0.3, -0.25) is 9.52 Å². The molecule has 1 aromatic carbocycles. The van der Waals surface area contributed by atoms with Crippen molar-refractivity contribution in [2.45, 2.75) is 18.0 Å². The molecule has 0 radical (unpaired) electrons. The van der Waals surface area contributed by atoms with Gasteiger partial charge in [0.2, 0.25) is 11.5 Å². The fourth-order valence-electron chi connectivity index (χ4n) is 3.65. The van der Waals surface area contributed by atoms with Crippen LogP contribution in [0.4, 0.5) is 18.9 Å². The number of ketones is 1. The number of anilines is 1. The molecule has 36 heavy (non-hydrogen) atoms. The first kappa shape index (κ1) is 23.8. The Morgan fingerprint density at radius 3 is 2.67 bits per heavy atom. The van der Waals surface area contributed by atoms with Crippen LogP contribution < -0.4 is 4.72 Å². The SMILES string of the molecule is Cc1cc(S(=O)(=O)Nc2cccc(-c3ccnc4c(C(=O)c5cccs5)cnn34)c2)c(C(F)(F)F)o1. The van der Waals surface area contributed by atoms with E-state index in [-0.39, 0.29) is 17.2 Å². The first-order valence-corrected chi connectivity index (χ1v) is 12.6.